The first-order chi connectivity index (χ1) is 12.0. The third kappa shape index (κ3) is 5.95. The van der Waals surface area contributed by atoms with E-state index in [1.54, 1.807) is 0 Å². The Kier molecular flexibility index (Phi) is 8.75. The molecule has 0 saturated heterocycles. The van der Waals surface area contributed by atoms with E-state index >= 15 is 0 Å². The van der Waals surface area contributed by atoms with E-state index in [1.165, 1.54) is 6.20 Å². The molecular formula is C18H26Cl2N6O. The second-order valence-electron chi connectivity index (χ2n) is 6.51. The number of benzene rings is 1. The minimum Gasteiger partial charge on any atom is -0.365 e. The predicted octanol–water partition coefficient (Wildman–Crippen LogP) is 3.15. The number of hydrogen-bond donors (Lipinski definition) is 4. The molecule has 1 fully saturated rings. The Morgan fingerprint density at radius 2 is 1.96 bits per heavy atom. The van der Waals surface area contributed by atoms with E-state index in [1.807, 2.05) is 31.2 Å². The summed E-state index contributed by atoms with van der Waals surface area (Å²) >= 11 is 0. The number of primary amides is 1. The van der Waals surface area contributed by atoms with Gasteiger partial charge in [0, 0.05) is 24.0 Å². The molecule has 0 aliphatic heterocycles. The zero-order valence-corrected chi connectivity index (χ0v) is 16.8. The molecule has 2 aromatic rings. The molecule has 1 saturated carbocycles. The van der Waals surface area contributed by atoms with Crippen molar-refractivity contribution in [1.82, 2.24) is 9.97 Å². The first-order valence-corrected chi connectivity index (χ1v) is 8.55. The van der Waals surface area contributed by atoms with Gasteiger partial charge in [-0.2, -0.15) is 4.98 Å². The van der Waals surface area contributed by atoms with Gasteiger partial charge < -0.3 is 22.1 Å². The van der Waals surface area contributed by atoms with Gasteiger partial charge in [0.15, 0.2) is 0 Å². The highest BCUT2D eigenvalue weighted by molar-refractivity contribution is 5.98. The number of hydrogen-bond acceptors (Lipinski definition) is 6. The van der Waals surface area contributed by atoms with E-state index in [-0.39, 0.29) is 42.5 Å². The van der Waals surface area contributed by atoms with E-state index in [0.29, 0.717) is 11.8 Å². The number of aromatic nitrogens is 2. The Labute approximate surface area is 171 Å². The highest BCUT2D eigenvalue weighted by Crippen LogP contribution is 2.23. The lowest BCUT2D eigenvalue weighted by Crippen LogP contribution is -2.43. The highest BCUT2D eigenvalue weighted by atomic mass is 35.5. The monoisotopic (exact) mass is 412 g/mol. The molecule has 1 aromatic carbocycles. The van der Waals surface area contributed by atoms with Crippen molar-refractivity contribution in [2.75, 3.05) is 10.6 Å². The van der Waals surface area contributed by atoms with E-state index < -0.39 is 5.91 Å². The van der Waals surface area contributed by atoms with Crippen LogP contribution >= 0.6 is 24.8 Å². The van der Waals surface area contributed by atoms with Crippen molar-refractivity contribution < 1.29 is 4.79 Å². The van der Waals surface area contributed by atoms with Gasteiger partial charge >= 0.3 is 0 Å². The van der Waals surface area contributed by atoms with E-state index in [4.69, 9.17) is 11.5 Å². The number of nitrogens with zero attached hydrogens (tertiary/aromatic N) is 2. The zero-order valence-electron chi connectivity index (χ0n) is 15.1. The van der Waals surface area contributed by atoms with Crippen LogP contribution in [0.15, 0.2) is 30.5 Å². The van der Waals surface area contributed by atoms with Crippen LogP contribution in [0.5, 0.6) is 0 Å². The SMILES string of the molecule is Cc1cccc(Nc2nc(N[C@@H]3CCCC[C@@H]3N)ncc2C(N)=O)c1.Cl.Cl. The number of halogens is 2. The van der Waals surface area contributed by atoms with Gasteiger partial charge in [-0.05, 0) is 37.5 Å². The Morgan fingerprint density at radius 3 is 2.63 bits per heavy atom. The lowest BCUT2D eigenvalue weighted by atomic mass is 9.91. The molecule has 1 aliphatic carbocycles. The average molecular weight is 413 g/mol. The summed E-state index contributed by atoms with van der Waals surface area (Å²) in [6, 6.07) is 8.03. The molecule has 0 spiro atoms. The molecule has 1 heterocycles. The minimum atomic E-state index is -0.573. The molecule has 0 unspecified atom stereocenters. The zero-order chi connectivity index (χ0) is 17.8. The summed E-state index contributed by atoms with van der Waals surface area (Å²) < 4.78 is 0. The number of carbonyl (C=O) groups excluding carboxylic acids is 1. The van der Waals surface area contributed by atoms with Gasteiger partial charge in [-0.15, -0.1) is 24.8 Å². The van der Waals surface area contributed by atoms with Crippen LogP contribution in [0.4, 0.5) is 17.5 Å². The van der Waals surface area contributed by atoms with Gasteiger partial charge in [0.1, 0.15) is 11.4 Å². The fourth-order valence-corrected chi connectivity index (χ4v) is 3.09. The topological polar surface area (TPSA) is 119 Å². The Bertz CT molecular complexity index is 773. The van der Waals surface area contributed by atoms with Gasteiger partial charge in [0.05, 0.1) is 0 Å². The summed E-state index contributed by atoms with van der Waals surface area (Å²) in [5.74, 6) is 0.263. The third-order valence-corrected chi connectivity index (χ3v) is 4.47. The van der Waals surface area contributed by atoms with Gasteiger partial charge in [0.2, 0.25) is 5.95 Å². The van der Waals surface area contributed by atoms with Crippen molar-refractivity contribution in [3.8, 4) is 0 Å². The first-order valence-electron chi connectivity index (χ1n) is 8.55. The molecule has 148 valence electrons. The summed E-state index contributed by atoms with van der Waals surface area (Å²) in [7, 11) is 0. The number of aryl methyl sites for hydroxylation is 1. The second-order valence-corrected chi connectivity index (χ2v) is 6.51. The van der Waals surface area contributed by atoms with E-state index in [0.717, 1.165) is 36.9 Å². The number of nitrogens with one attached hydrogen (secondary N) is 2. The van der Waals surface area contributed by atoms with Crippen LogP contribution in [0, 0.1) is 6.92 Å². The maximum atomic E-state index is 11.7. The Hall–Kier alpha value is -2.09. The molecule has 3 rings (SSSR count). The molecule has 9 heteroatoms. The van der Waals surface area contributed by atoms with Gasteiger partial charge in [0.25, 0.3) is 5.91 Å². The maximum Gasteiger partial charge on any atom is 0.254 e. The summed E-state index contributed by atoms with van der Waals surface area (Å²) in [6.07, 6.45) is 5.72. The van der Waals surface area contributed by atoms with Crippen LogP contribution in [0.1, 0.15) is 41.6 Å². The fourth-order valence-electron chi connectivity index (χ4n) is 3.09. The van der Waals surface area contributed by atoms with E-state index in [2.05, 4.69) is 20.6 Å². The summed E-state index contributed by atoms with van der Waals surface area (Å²) in [5, 5.41) is 6.46. The Morgan fingerprint density at radius 1 is 1.22 bits per heavy atom. The fraction of sp³-hybridized carbons (Fsp3) is 0.389. The second kappa shape index (κ2) is 10.3. The number of rotatable bonds is 5. The third-order valence-electron chi connectivity index (χ3n) is 4.47. The van der Waals surface area contributed by atoms with Crippen LogP contribution < -0.4 is 22.1 Å². The molecule has 0 bridgehead atoms. The molecule has 0 radical (unpaired) electrons. The van der Waals surface area contributed by atoms with Crippen LogP contribution in [0.3, 0.4) is 0 Å². The smallest absolute Gasteiger partial charge is 0.254 e. The number of carbonyl (C=O) groups is 1. The molecule has 6 N–H and O–H groups in total. The molecule has 27 heavy (non-hydrogen) atoms. The van der Waals surface area contributed by atoms with Gasteiger partial charge in [-0.3, -0.25) is 4.79 Å². The predicted molar refractivity (Wildman–Crippen MR) is 113 cm³/mol. The van der Waals surface area contributed by atoms with Crippen molar-refractivity contribution in [1.29, 1.82) is 0 Å². The number of anilines is 3. The van der Waals surface area contributed by atoms with Crippen molar-refractivity contribution in [2.24, 2.45) is 11.5 Å². The van der Waals surface area contributed by atoms with Gasteiger partial charge in [-0.1, -0.05) is 25.0 Å². The van der Waals surface area contributed by atoms with E-state index in [9.17, 15) is 4.79 Å². The quantitative estimate of drug-likeness (QED) is 0.598. The van der Waals surface area contributed by atoms with Crippen LogP contribution in [-0.2, 0) is 0 Å². The summed E-state index contributed by atoms with van der Waals surface area (Å²) in [4.78, 5) is 20.4. The maximum absolute atomic E-state index is 11.7. The average Bonchev–Trinajstić information content (AvgIpc) is 2.57. The minimum absolute atomic E-state index is 0. The standard InChI is InChI=1S/C18H24N6O.2ClH/c1-11-5-4-6-12(9-11)22-17-13(16(20)25)10-21-18(24-17)23-15-8-3-2-7-14(15)19;;/h4-6,9-10,14-15H,2-3,7-8,19H2,1H3,(H2,20,25)(H2,21,22,23,24);2*1H/t14-,15+;;/m0../s1. The molecule has 1 amide bonds. The van der Waals surface area contributed by atoms with Crippen LogP contribution in [-0.4, -0.2) is 28.0 Å². The number of nitrogens with two attached hydrogens (primary N) is 2. The van der Waals surface area contributed by atoms with Crippen molar-refractivity contribution >= 4 is 48.2 Å². The van der Waals surface area contributed by atoms with Crippen LogP contribution in [0.25, 0.3) is 0 Å². The first kappa shape index (κ1) is 23.0. The van der Waals surface area contributed by atoms with Crippen molar-refractivity contribution in [2.45, 2.75) is 44.7 Å². The molecule has 7 nitrogen and oxygen atoms in total. The normalized spacial score (nSPS) is 18.6. The van der Waals surface area contributed by atoms with Gasteiger partial charge in [-0.25, -0.2) is 4.98 Å². The molecule has 1 aliphatic rings. The highest BCUT2D eigenvalue weighted by Gasteiger charge is 2.23. The van der Waals surface area contributed by atoms with Crippen LogP contribution in [0.2, 0.25) is 0 Å². The Balaban J connectivity index is 0.00000182. The molecular weight excluding hydrogens is 387 g/mol. The van der Waals surface area contributed by atoms with Crippen molar-refractivity contribution in [3.05, 3.63) is 41.6 Å². The molecule has 1 aromatic heterocycles. The largest absolute Gasteiger partial charge is 0.365 e. The number of amides is 1. The van der Waals surface area contributed by atoms with Crippen molar-refractivity contribution in [3.63, 3.8) is 0 Å². The summed E-state index contributed by atoms with van der Waals surface area (Å²) in [6.45, 7) is 2.00. The molecule has 2 atom stereocenters. The lowest BCUT2D eigenvalue weighted by molar-refractivity contribution is 0.100. The summed E-state index contributed by atoms with van der Waals surface area (Å²) in [5.41, 5.74) is 13.8. The lowest BCUT2D eigenvalue weighted by Gasteiger charge is -2.29.